The van der Waals surface area contributed by atoms with E-state index in [4.69, 9.17) is 10.8 Å². The summed E-state index contributed by atoms with van der Waals surface area (Å²) >= 11 is 0. The maximum Gasteiger partial charge on any atom is 0.342 e. The van der Waals surface area contributed by atoms with Crippen LogP contribution in [0.1, 0.15) is 19.3 Å². The van der Waals surface area contributed by atoms with Crippen LogP contribution in [-0.2, 0) is 14.4 Å². The van der Waals surface area contributed by atoms with Crippen LogP contribution in [0.25, 0.3) is 0 Å². The second-order valence-electron chi connectivity index (χ2n) is 5.06. The highest BCUT2D eigenvalue weighted by molar-refractivity contribution is 5.93. The van der Waals surface area contributed by atoms with Crippen LogP contribution in [0.15, 0.2) is 0 Å². The van der Waals surface area contributed by atoms with Crippen molar-refractivity contribution >= 4 is 17.8 Å². The lowest BCUT2D eigenvalue weighted by Crippen LogP contribution is -2.57. The van der Waals surface area contributed by atoms with Crippen molar-refractivity contribution in [1.82, 2.24) is 5.32 Å². The highest BCUT2D eigenvalue weighted by atomic mass is 19.1. The summed E-state index contributed by atoms with van der Waals surface area (Å²) in [5, 5.41) is 20.4. The number of nitrogens with one attached hydrogen (secondary N) is 1. The van der Waals surface area contributed by atoms with E-state index in [2.05, 4.69) is 5.32 Å². The maximum absolute atomic E-state index is 14.2. The van der Waals surface area contributed by atoms with Crippen LogP contribution in [0.3, 0.4) is 0 Å². The molecule has 2 fully saturated rings. The maximum atomic E-state index is 14.2. The van der Waals surface area contributed by atoms with Crippen molar-refractivity contribution in [3.05, 3.63) is 0 Å². The first-order valence-corrected chi connectivity index (χ1v) is 5.97. The number of carboxylic acid groups (broad SMARTS) is 2. The molecule has 0 aromatic heterocycles. The fourth-order valence-corrected chi connectivity index (χ4v) is 3.21. The summed E-state index contributed by atoms with van der Waals surface area (Å²) in [6.45, 7) is 0.0370. The largest absolute Gasteiger partial charge is 0.479 e. The number of alkyl halides is 1. The van der Waals surface area contributed by atoms with Gasteiger partial charge in [0.2, 0.25) is 11.6 Å². The second-order valence-corrected chi connectivity index (χ2v) is 5.06. The minimum atomic E-state index is -2.55. The fourth-order valence-electron chi connectivity index (χ4n) is 3.21. The molecule has 2 aliphatic rings. The Morgan fingerprint density at radius 3 is 2.37 bits per heavy atom. The minimum Gasteiger partial charge on any atom is -0.479 e. The molecule has 106 valence electrons. The lowest BCUT2D eigenvalue weighted by atomic mass is 9.89. The molecule has 5 N–H and O–H groups in total. The Labute approximate surface area is 108 Å². The second kappa shape index (κ2) is 4.16. The highest BCUT2D eigenvalue weighted by Gasteiger charge is 2.83. The van der Waals surface area contributed by atoms with Gasteiger partial charge in [0.25, 0.3) is 0 Å². The van der Waals surface area contributed by atoms with Crippen molar-refractivity contribution in [2.45, 2.75) is 30.5 Å². The monoisotopic (exact) mass is 274 g/mol. The van der Waals surface area contributed by atoms with Crippen molar-refractivity contribution < 1.29 is 29.0 Å². The van der Waals surface area contributed by atoms with Crippen LogP contribution in [0.4, 0.5) is 4.39 Å². The zero-order chi connectivity index (χ0) is 14.4. The van der Waals surface area contributed by atoms with Crippen molar-refractivity contribution in [3.63, 3.8) is 0 Å². The van der Waals surface area contributed by atoms with E-state index in [1.807, 2.05) is 0 Å². The molecule has 0 aromatic rings. The number of carbonyl (C=O) groups excluding carboxylic acids is 1. The Balaban J connectivity index is 2.25. The molecule has 8 heteroatoms. The summed E-state index contributed by atoms with van der Waals surface area (Å²) in [6.07, 6.45) is 0.0778. The zero-order valence-electron chi connectivity index (χ0n) is 10.1. The molecule has 0 bridgehead atoms. The lowest BCUT2D eigenvalue weighted by molar-refractivity contribution is -0.153. The first-order chi connectivity index (χ1) is 8.80. The van der Waals surface area contributed by atoms with Crippen LogP contribution in [0.2, 0.25) is 0 Å². The normalized spacial score (nSPS) is 39.5. The number of rotatable bonds is 5. The number of carbonyl (C=O) groups is 3. The molecule has 0 heterocycles. The number of hydrogen-bond acceptors (Lipinski definition) is 4. The molecule has 19 heavy (non-hydrogen) atoms. The summed E-state index contributed by atoms with van der Waals surface area (Å²) in [5.74, 6) is -5.73. The van der Waals surface area contributed by atoms with Gasteiger partial charge in [-0.3, -0.25) is 4.79 Å². The van der Waals surface area contributed by atoms with Crippen LogP contribution in [0, 0.1) is 11.8 Å². The quantitative estimate of drug-likeness (QED) is 0.514. The first-order valence-electron chi connectivity index (χ1n) is 5.97. The van der Waals surface area contributed by atoms with Gasteiger partial charge >= 0.3 is 11.9 Å². The van der Waals surface area contributed by atoms with Crippen LogP contribution < -0.4 is 11.1 Å². The Morgan fingerprint density at radius 2 is 1.95 bits per heavy atom. The number of hydrogen-bond donors (Lipinski definition) is 4. The van der Waals surface area contributed by atoms with E-state index < -0.39 is 40.9 Å². The SMILES string of the molecule is NCCC(=O)N[C@@]1(C(=O)O)CC[C@@H]2[C@H]1[C@@]2(F)C(=O)O. The van der Waals surface area contributed by atoms with E-state index in [1.165, 1.54) is 0 Å². The van der Waals surface area contributed by atoms with Gasteiger partial charge in [0.1, 0.15) is 5.54 Å². The predicted octanol–water partition coefficient (Wildman–Crippen LogP) is -0.892. The van der Waals surface area contributed by atoms with E-state index in [0.29, 0.717) is 0 Å². The fraction of sp³-hybridized carbons (Fsp3) is 0.727. The van der Waals surface area contributed by atoms with Gasteiger partial charge < -0.3 is 21.3 Å². The number of nitrogens with two attached hydrogens (primary N) is 1. The minimum absolute atomic E-state index is 0.0347. The molecule has 4 atom stereocenters. The van der Waals surface area contributed by atoms with Gasteiger partial charge in [0, 0.05) is 24.8 Å². The molecule has 7 nitrogen and oxygen atoms in total. The van der Waals surface area contributed by atoms with Crippen LogP contribution in [-0.4, -0.2) is 45.8 Å². The number of fused-ring (bicyclic) bond motifs is 1. The Hall–Kier alpha value is -1.70. The standard InChI is InChI=1S/C11H15FN2O5/c12-11(9(18)19)5-1-3-10(7(5)11,8(16)17)14-6(15)2-4-13/h5,7H,1-4,13H2,(H,14,15)(H,16,17)(H,18,19)/t5-,7-,10+,11-/m1/s1. The number of amides is 1. The third-order valence-electron chi connectivity index (χ3n) is 4.11. The zero-order valence-corrected chi connectivity index (χ0v) is 10.1. The molecule has 2 saturated carbocycles. The lowest BCUT2D eigenvalue weighted by Gasteiger charge is -2.29. The van der Waals surface area contributed by atoms with E-state index in [0.717, 1.165) is 0 Å². The van der Waals surface area contributed by atoms with Gasteiger partial charge in [-0.2, -0.15) is 0 Å². The molecule has 0 aromatic carbocycles. The summed E-state index contributed by atoms with van der Waals surface area (Å²) in [5.41, 5.74) is 0.815. The molecule has 2 rings (SSSR count). The van der Waals surface area contributed by atoms with Gasteiger partial charge in [0.05, 0.1) is 0 Å². The molecule has 1 amide bonds. The van der Waals surface area contributed by atoms with Gasteiger partial charge in [-0.05, 0) is 12.8 Å². The summed E-state index contributed by atoms with van der Waals surface area (Å²) in [4.78, 5) is 33.9. The molecule has 0 aliphatic heterocycles. The van der Waals surface area contributed by atoms with Gasteiger partial charge in [0.15, 0.2) is 0 Å². The summed E-state index contributed by atoms with van der Waals surface area (Å²) in [7, 11) is 0. The van der Waals surface area contributed by atoms with Crippen molar-refractivity contribution in [1.29, 1.82) is 0 Å². The third-order valence-corrected chi connectivity index (χ3v) is 4.11. The molecule has 2 aliphatic carbocycles. The molecule has 0 saturated heterocycles. The smallest absolute Gasteiger partial charge is 0.342 e. The molecular weight excluding hydrogens is 259 g/mol. The summed E-state index contributed by atoms with van der Waals surface area (Å²) in [6, 6.07) is 0. The molecule has 0 radical (unpaired) electrons. The predicted molar refractivity (Wildman–Crippen MR) is 59.9 cm³/mol. The number of halogens is 1. The van der Waals surface area contributed by atoms with Gasteiger partial charge in [-0.1, -0.05) is 0 Å². The van der Waals surface area contributed by atoms with Crippen molar-refractivity contribution in [2.75, 3.05) is 6.54 Å². The summed E-state index contributed by atoms with van der Waals surface area (Å²) < 4.78 is 14.2. The first kappa shape index (κ1) is 13.7. The van der Waals surface area contributed by atoms with E-state index in [9.17, 15) is 23.9 Å². The molecule has 0 unspecified atom stereocenters. The Kier molecular flexibility index (Phi) is 3.00. The van der Waals surface area contributed by atoms with Gasteiger partial charge in [-0.15, -0.1) is 0 Å². The molecule has 0 spiro atoms. The van der Waals surface area contributed by atoms with E-state index in [-0.39, 0.29) is 25.8 Å². The van der Waals surface area contributed by atoms with E-state index in [1.54, 1.807) is 0 Å². The highest BCUT2D eigenvalue weighted by Crippen LogP contribution is 2.67. The van der Waals surface area contributed by atoms with Crippen LogP contribution in [0.5, 0.6) is 0 Å². The number of aliphatic carboxylic acids is 2. The average molecular weight is 274 g/mol. The van der Waals surface area contributed by atoms with E-state index >= 15 is 0 Å². The molecular formula is C11H15FN2O5. The average Bonchev–Trinajstić information content (AvgIpc) is 2.74. The van der Waals surface area contributed by atoms with Crippen molar-refractivity contribution in [2.24, 2.45) is 17.6 Å². The van der Waals surface area contributed by atoms with Crippen molar-refractivity contribution in [3.8, 4) is 0 Å². The third kappa shape index (κ3) is 1.70. The Morgan fingerprint density at radius 1 is 1.32 bits per heavy atom. The number of carboxylic acids is 2. The topological polar surface area (TPSA) is 130 Å². The van der Waals surface area contributed by atoms with Gasteiger partial charge in [-0.25, -0.2) is 14.0 Å². The Bertz CT molecular complexity index is 456. The van der Waals surface area contributed by atoms with Crippen LogP contribution >= 0.6 is 0 Å².